The second-order valence-corrected chi connectivity index (χ2v) is 5.47. The number of hydrogen-bond acceptors (Lipinski definition) is 2. The maximum atomic E-state index is 4.81. The second-order valence-electron chi connectivity index (χ2n) is 5.47. The molecule has 1 aromatic heterocycles. The van der Waals surface area contributed by atoms with E-state index in [1.165, 1.54) is 29.7 Å². The van der Waals surface area contributed by atoms with Crippen molar-refractivity contribution in [2.75, 3.05) is 6.54 Å². The van der Waals surface area contributed by atoms with Crippen molar-refractivity contribution in [2.24, 2.45) is 0 Å². The van der Waals surface area contributed by atoms with Crippen molar-refractivity contribution in [3.05, 3.63) is 41.3 Å². The molecule has 1 atom stereocenters. The predicted octanol–water partition coefficient (Wildman–Crippen LogP) is 2.99. The molecule has 0 radical (unpaired) electrons. The summed E-state index contributed by atoms with van der Waals surface area (Å²) in [6, 6.07) is 9.03. The van der Waals surface area contributed by atoms with Gasteiger partial charge in [0.05, 0.1) is 5.69 Å². The number of H-pyrrole nitrogens is 1. The molecule has 100 valence electrons. The first-order valence-corrected chi connectivity index (χ1v) is 7.09. The highest BCUT2D eigenvalue weighted by molar-refractivity contribution is 5.65. The van der Waals surface area contributed by atoms with Crippen LogP contribution in [0.1, 0.15) is 29.9 Å². The van der Waals surface area contributed by atoms with Gasteiger partial charge < -0.3 is 10.3 Å². The predicted molar refractivity (Wildman–Crippen MR) is 78.2 cm³/mol. The molecule has 0 amide bonds. The largest absolute Gasteiger partial charge is 0.346 e. The van der Waals surface area contributed by atoms with Crippen LogP contribution in [0.15, 0.2) is 24.3 Å². The quantitative estimate of drug-likeness (QED) is 0.885. The van der Waals surface area contributed by atoms with E-state index in [9.17, 15) is 0 Å². The first-order chi connectivity index (χ1) is 9.24. The molecular weight excluding hydrogens is 234 g/mol. The maximum Gasteiger partial charge on any atom is 0.108 e. The molecule has 3 heteroatoms. The van der Waals surface area contributed by atoms with Gasteiger partial charge in [-0.2, -0.15) is 0 Å². The minimum atomic E-state index is 0.593. The molecule has 1 saturated heterocycles. The topological polar surface area (TPSA) is 40.7 Å². The van der Waals surface area contributed by atoms with E-state index >= 15 is 0 Å². The van der Waals surface area contributed by atoms with E-state index in [0.29, 0.717) is 6.04 Å². The van der Waals surface area contributed by atoms with Gasteiger partial charge in [-0.15, -0.1) is 0 Å². The van der Waals surface area contributed by atoms with E-state index in [4.69, 9.17) is 4.98 Å². The first-order valence-electron chi connectivity index (χ1n) is 7.09. The third-order valence-electron chi connectivity index (χ3n) is 3.94. The van der Waals surface area contributed by atoms with Crippen LogP contribution < -0.4 is 5.32 Å². The normalized spacial score (nSPS) is 18.9. The smallest absolute Gasteiger partial charge is 0.108 e. The van der Waals surface area contributed by atoms with Gasteiger partial charge in [-0.3, -0.25) is 0 Å². The Hall–Kier alpha value is -1.61. The van der Waals surface area contributed by atoms with E-state index in [-0.39, 0.29) is 0 Å². The highest BCUT2D eigenvalue weighted by Crippen LogP contribution is 2.25. The van der Waals surface area contributed by atoms with Gasteiger partial charge >= 0.3 is 0 Å². The van der Waals surface area contributed by atoms with Crippen molar-refractivity contribution in [1.29, 1.82) is 0 Å². The minimum absolute atomic E-state index is 0.593. The molecule has 0 spiro atoms. The molecule has 2 aromatic rings. The van der Waals surface area contributed by atoms with Crippen LogP contribution in [0.4, 0.5) is 0 Å². The summed E-state index contributed by atoms with van der Waals surface area (Å²) >= 11 is 0. The zero-order valence-electron chi connectivity index (χ0n) is 11.7. The fourth-order valence-corrected chi connectivity index (χ4v) is 2.88. The molecule has 1 aliphatic rings. The Balaban J connectivity index is 1.87. The lowest BCUT2D eigenvalue weighted by atomic mass is 10.1. The van der Waals surface area contributed by atoms with Crippen LogP contribution in [-0.2, 0) is 6.42 Å². The lowest BCUT2D eigenvalue weighted by Crippen LogP contribution is -2.24. The van der Waals surface area contributed by atoms with Gasteiger partial charge in [0.1, 0.15) is 5.82 Å². The third-order valence-corrected chi connectivity index (χ3v) is 3.94. The molecule has 1 aromatic carbocycles. The number of aromatic nitrogens is 2. The van der Waals surface area contributed by atoms with E-state index in [0.717, 1.165) is 24.5 Å². The molecule has 1 unspecified atom stereocenters. The molecular formula is C16H21N3. The zero-order chi connectivity index (χ0) is 13.2. The zero-order valence-corrected chi connectivity index (χ0v) is 11.7. The Morgan fingerprint density at radius 2 is 2.11 bits per heavy atom. The van der Waals surface area contributed by atoms with Crippen molar-refractivity contribution in [3.63, 3.8) is 0 Å². The van der Waals surface area contributed by atoms with Gasteiger partial charge in [0.25, 0.3) is 0 Å². The van der Waals surface area contributed by atoms with Crippen molar-refractivity contribution in [3.8, 4) is 11.3 Å². The van der Waals surface area contributed by atoms with Crippen molar-refractivity contribution < 1.29 is 0 Å². The summed E-state index contributed by atoms with van der Waals surface area (Å²) in [5, 5.41) is 3.52. The summed E-state index contributed by atoms with van der Waals surface area (Å²) in [4.78, 5) is 8.25. The van der Waals surface area contributed by atoms with E-state index in [1.807, 2.05) is 0 Å². The molecule has 1 aliphatic heterocycles. The Bertz CT molecular complexity index is 565. The highest BCUT2D eigenvalue weighted by atomic mass is 15.0. The number of aromatic amines is 1. The number of imidazole rings is 1. The lowest BCUT2D eigenvalue weighted by Gasteiger charge is -2.06. The van der Waals surface area contributed by atoms with Gasteiger partial charge in [-0.05, 0) is 38.8 Å². The number of hydrogen-bond donors (Lipinski definition) is 2. The van der Waals surface area contributed by atoms with Crippen LogP contribution >= 0.6 is 0 Å². The molecule has 0 aliphatic carbocycles. The Kier molecular flexibility index (Phi) is 3.38. The third kappa shape index (κ3) is 2.56. The van der Waals surface area contributed by atoms with Crippen molar-refractivity contribution in [1.82, 2.24) is 15.3 Å². The molecule has 1 fully saturated rings. The number of benzene rings is 1. The fourth-order valence-electron chi connectivity index (χ4n) is 2.88. The number of aryl methyl sites for hydroxylation is 2. The van der Waals surface area contributed by atoms with Crippen LogP contribution in [0.5, 0.6) is 0 Å². The van der Waals surface area contributed by atoms with Gasteiger partial charge in [0.2, 0.25) is 0 Å². The Labute approximate surface area is 114 Å². The first kappa shape index (κ1) is 12.4. The van der Waals surface area contributed by atoms with Crippen LogP contribution in [0, 0.1) is 13.8 Å². The summed E-state index contributed by atoms with van der Waals surface area (Å²) < 4.78 is 0. The fraction of sp³-hybridized carbons (Fsp3) is 0.438. The monoisotopic (exact) mass is 255 g/mol. The summed E-state index contributed by atoms with van der Waals surface area (Å²) in [6.45, 7) is 5.40. The van der Waals surface area contributed by atoms with Gasteiger partial charge in [-0.1, -0.05) is 24.3 Å². The average Bonchev–Trinajstić information content (AvgIpc) is 3.01. The SMILES string of the molecule is Cc1ccccc1-c1nc(CC2CCCN2)[nH]c1C. The van der Waals surface area contributed by atoms with Crippen molar-refractivity contribution >= 4 is 0 Å². The molecule has 2 N–H and O–H groups in total. The van der Waals surface area contributed by atoms with Crippen LogP contribution in [0.2, 0.25) is 0 Å². The van der Waals surface area contributed by atoms with E-state index in [2.05, 4.69) is 48.4 Å². The van der Waals surface area contributed by atoms with E-state index < -0.39 is 0 Å². The second kappa shape index (κ2) is 5.17. The number of nitrogens with one attached hydrogen (secondary N) is 2. The van der Waals surface area contributed by atoms with Gasteiger partial charge in [-0.25, -0.2) is 4.98 Å². The summed E-state index contributed by atoms with van der Waals surface area (Å²) in [5.74, 6) is 1.11. The minimum Gasteiger partial charge on any atom is -0.346 e. The molecule has 0 bridgehead atoms. The molecule has 0 saturated carbocycles. The average molecular weight is 255 g/mol. The Morgan fingerprint density at radius 1 is 1.26 bits per heavy atom. The highest BCUT2D eigenvalue weighted by Gasteiger charge is 2.17. The summed E-state index contributed by atoms with van der Waals surface area (Å²) in [5.41, 5.74) is 4.79. The van der Waals surface area contributed by atoms with Crippen LogP contribution in [-0.4, -0.2) is 22.6 Å². The molecule has 19 heavy (non-hydrogen) atoms. The van der Waals surface area contributed by atoms with E-state index in [1.54, 1.807) is 0 Å². The molecule has 3 nitrogen and oxygen atoms in total. The van der Waals surface area contributed by atoms with Crippen molar-refractivity contribution in [2.45, 2.75) is 39.2 Å². The number of nitrogens with zero attached hydrogens (tertiary/aromatic N) is 1. The van der Waals surface area contributed by atoms with Gasteiger partial charge in [0, 0.05) is 23.7 Å². The molecule has 2 heterocycles. The summed E-state index contributed by atoms with van der Waals surface area (Å²) in [7, 11) is 0. The standard InChI is InChI=1S/C16H21N3/c1-11-6-3-4-8-14(11)16-12(2)18-15(19-16)10-13-7-5-9-17-13/h3-4,6,8,13,17H,5,7,9-10H2,1-2H3,(H,18,19). The lowest BCUT2D eigenvalue weighted by molar-refractivity contribution is 0.588. The van der Waals surface area contributed by atoms with Gasteiger partial charge in [0.15, 0.2) is 0 Å². The summed E-state index contributed by atoms with van der Waals surface area (Å²) in [6.07, 6.45) is 3.56. The van der Waals surface area contributed by atoms with Crippen LogP contribution in [0.25, 0.3) is 11.3 Å². The Morgan fingerprint density at radius 3 is 2.84 bits per heavy atom. The maximum absolute atomic E-state index is 4.81. The molecule has 3 rings (SSSR count). The van der Waals surface area contributed by atoms with Crippen LogP contribution in [0.3, 0.4) is 0 Å². The number of rotatable bonds is 3.